The molecule has 2 aromatic carbocycles. The highest BCUT2D eigenvalue weighted by molar-refractivity contribution is 7.98. The first-order valence-electron chi connectivity index (χ1n) is 9.56. The topological polar surface area (TPSA) is 36.7 Å². The Labute approximate surface area is 169 Å². The molecule has 1 aromatic heterocycles. The van der Waals surface area contributed by atoms with Crippen LogP contribution in [0.3, 0.4) is 0 Å². The van der Waals surface area contributed by atoms with E-state index in [4.69, 9.17) is 4.98 Å². The molecular formula is C24H21FN2S. The molecule has 0 radical (unpaired) electrons. The minimum absolute atomic E-state index is 0.238. The van der Waals surface area contributed by atoms with Crippen molar-refractivity contribution >= 4 is 11.8 Å². The fourth-order valence-electron chi connectivity index (χ4n) is 3.83. The van der Waals surface area contributed by atoms with Crippen molar-refractivity contribution in [3.63, 3.8) is 0 Å². The first kappa shape index (κ1) is 18.7. The van der Waals surface area contributed by atoms with E-state index in [1.54, 1.807) is 12.1 Å². The van der Waals surface area contributed by atoms with Crippen molar-refractivity contribution in [2.75, 3.05) is 0 Å². The molecule has 1 aliphatic rings. The molecule has 0 N–H and O–H groups in total. The Kier molecular flexibility index (Phi) is 5.45. The van der Waals surface area contributed by atoms with Gasteiger partial charge in [-0.2, -0.15) is 5.26 Å². The van der Waals surface area contributed by atoms with Crippen LogP contribution in [0, 0.1) is 24.1 Å². The van der Waals surface area contributed by atoms with Crippen LogP contribution in [0.1, 0.15) is 40.7 Å². The second-order valence-electron chi connectivity index (χ2n) is 7.20. The Balaban J connectivity index is 1.79. The summed E-state index contributed by atoms with van der Waals surface area (Å²) in [5.41, 5.74) is 7.28. The van der Waals surface area contributed by atoms with Crippen LogP contribution in [-0.2, 0) is 18.6 Å². The van der Waals surface area contributed by atoms with E-state index in [2.05, 4.69) is 37.3 Å². The van der Waals surface area contributed by atoms with Gasteiger partial charge in [0.05, 0.1) is 11.3 Å². The van der Waals surface area contributed by atoms with Gasteiger partial charge >= 0.3 is 0 Å². The van der Waals surface area contributed by atoms with E-state index >= 15 is 0 Å². The number of pyridine rings is 1. The minimum Gasteiger partial charge on any atom is -0.240 e. The van der Waals surface area contributed by atoms with E-state index in [1.165, 1.54) is 29.0 Å². The molecule has 0 fully saturated rings. The zero-order chi connectivity index (χ0) is 19.5. The first-order chi connectivity index (χ1) is 13.7. The van der Waals surface area contributed by atoms with E-state index < -0.39 is 0 Å². The van der Waals surface area contributed by atoms with Crippen LogP contribution >= 0.6 is 11.8 Å². The lowest BCUT2D eigenvalue weighted by atomic mass is 9.86. The number of nitrogens with zero attached hydrogens (tertiary/aromatic N) is 2. The number of thioether (sulfide) groups is 1. The standard InChI is InChI=1S/C24H21FN2S/c1-16-6-4-8-18(12-16)23-21-11-3-2-10-20(21)22(14-26)24(27-23)28-15-17-7-5-9-19(25)13-17/h4-9,12-13H,2-3,10-11,15H2,1H3. The summed E-state index contributed by atoms with van der Waals surface area (Å²) in [6, 6.07) is 17.4. The third-order valence-corrected chi connectivity index (χ3v) is 6.20. The molecule has 2 nitrogen and oxygen atoms in total. The molecular weight excluding hydrogens is 367 g/mol. The van der Waals surface area contributed by atoms with Gasteiger partial charge < -0.3 is 0 Å². The summed E-state index contributed by atoms with van der Waals surface area (Å²) in [7, 11) is 0. The van der Waals surface area contributed by atoms with Crippen LogP contribution in [-0.4, -0.2) is 4.98 Å². The molecule has 0 aliphatic heterocycles. The predicted octanol–water partition coefficient (Wildman–Crippen LogP) is 6.24. The third kappa shape index (κ3) is 3.81. The quantitative estimate of drug-likeness (QED) is 0.497. The van der Waals surface area contributed by atoms with Gasteiger partial charge in [0.15, 0.2) is 0 Å². The molecule has 0 atom stereocenters. The molecule has 4 heteroatoms. The van der Waals surface area contributed by atoms with E-state index in [1.807, 2.05) is 6.07 Å². The number of aryl methyl sites for hydroxylation is 1. The Morgan fingerprint density at radius 3 is 2.61 bits per heavy atom. The molecule has 0 amide bonds. The van der Waals surface area contributed by atoms with Crippen molar-refractivity contribution in [3.05, 3.63) is 82.2 Å². The highest BCUT2D eigenvalue weighted by Crippen LogP contribution is 2.37. The molecule has 0 unspecified atom stereocenters. The second kappa shape index (κ2) is 8.16. The third-order valence-electron chi connectivity index (χ3n) is 5.15. The smallest absolute Gasteiger partial charge is 0.123 e. The molecule has 1 heterocycles. The summed E-state index contributed by atoms with van der Waals surface area (Å²) >= 11 is 1.52. The van der Waals surface area contributed by atoms with Gasteiger partial charge in [0.25, 0.3) is 0 Å². The van der Waals surface area contributed by atoms with Crippen LogP contribution in [0.4, 0.5) is 4.39 Å². The zero-order valence-corrected chi connectivity index (χ0v) is 16.7. The molecule has 28 heavy (non-hydrogen) atoms. The molecule has 0 saturated carbocycles. The van der Waals surface area contributed by atoms with Gasteiger partial charge in [0, 0.05) is 11.3 Å². The van der Waals surface area contributed by atoms with E-state index in [0.29, 0.717) is 11.3 Å². The molecule has 140 valence electrons. The maximum absolute atomic E-state index is 13.5. The fraction of sp³-hybridized carbons (Fsp3) is 0.250. The summed E-state index contributed by atoms with van der Waals surface area (Å²) < 4.78 is 13.5. The Bertz CT molecular complexity index is 1070. The molecule has 0 spiro atoms. The monoisotopic (exact) mass is 388 g/mol. The molecule has 0 saturated heterocycles. The van der Waals surface area contributed by atoms with E-state index in [9.17, 15) is 9.65 Å². The summed E-state index contributed by atoms with van der Waals surface area (Å²) in [5.74, 6) is 0.350. The number of fused-ring (bicyclic) bond motifs is 1. The maximum atomic E-state index is 13.5. The normalized spacial score (nSPS) is 13.0. The van der Waals surface area contributed by atoms with Gasteiger partial charge in [0.1, 0.15) is 16.9 Å². The average Bonchev–Trinajstić information content (AvgIpc) is 2.71. The largest absolute Gasteiger partial charge is 0.240 e. The summed E-state index contributed by atoms with van der Waals surface area (Å²) in [5, 5.41) is 10.6. The molecule has 1 aliphatic carbocycles. The number of rotatable bonds is 4. The van der Waals surface area contributed by atoms with E-state index in [0.717, 1.165) is 53.1 Å². The van der Waals surface area contributed by atoms with E-state index in [-0.39, 0.29) is 5.82 Å². The van der Waals surface area contributed by atoms with Crippen LogP contribution in [0.25, 0.3) is 11.3 Å². The van der Waals surface area contributed by atoms with Crippen LogP contribution in [0.5, 0.6) is 0 Å². The lowest BCUT2D eigenvalue weighted by Gasteiger charge is -2.22. The van der Waals surface area contributed by atoms with Gasteiger partial charge in [-0.1, -0.05) is 35.9 Å². The maximum Gasteiger partial charge on any atom is 0.123 e. The van der Waals surface area contributed by atoms with Crippen molar-refractivity contribution in [3.8, 4) is 17.3 Å². The number of benzene rings is 2. The SMILES string of the molecule is Cc1cccc(-c2nc(SCc3cccc(F)c3)c(C#N)c3c2CCCC3)c1. The van der Waals surface area contributed by atoms with Crippen molar-refractivity contribution in [2.45, 2.75) is 43.4 Å². The van der Waals surface area contributed by atoms with Crippen LogP contribution in [0.15, 0.2) is 53.6 Å². The number of hydrogen-bond acceptors (Lipinski definition) is 3. The minimum atomic E-state index is -0.238. The van der Waals surface area contributed by atoms with Crippen LogP contribution in [0.2, 0.25) is 0 Å². The summed E-state index contributed by atoms with van der Waals surface area (Å²) in [6.07, 6.45) is 4.13. The first-order valence-corrected chi connectivity index (χ1v) is 10.5. The van der Waals surface area contributed by atoms with Crippen molar-refractivity contribution in [1.82, 2.24) is 4.98 Å². The van der Waals surface area contributed by atoms with Crippen molar-refractivity contribution < 1.29 is 4.39 Å². The Morgan fingerprint density at radius 2 is 1.86 bits per heavy atom. The molecule has 3 aromatic rings. The zero-order valence-electron chi connectivity index (χ0n) is 15.8. The number of nitriles is 1. The Morgan fingerprint density at radius 1 is 1.07 bits per heavy atom. The second-order valence-corrected chi connectivity index (χ2v) is 8.17. The summed E-state index contributed by atoms with van der Waals surface area (Å²) in [4.78, 5) is 4.95. The molecule has 0 bridgehead atoms. The predicted molar refractivity (Wildman–Crippen MR) is 112 cm³/mol. The number of halogens is 1. The highest BCUT2D eigenvalue weighted by Gasteiger charge is 2.23. The number of aromatic nitrogens is 1. The molecule has 4 rings (SSSR count). The highest BCUT2D eigenvalue weighted by atomic mass is 32.2. The Hall–Kier alpha value is -2.64. The van der Waals surface area contributed by atoms with Gasteiger partial charge in [-0.05, 0) is 67.5 Å². The van der Waals surface area contributed by atoms with Gasteiger partial charge in [0.2, 0.25) is 0 Å². The van der Waals surface area contributed by atoms with Crippen LogP contribution < -0.4 is 0 Å². The van der Waals surface area contributed by atoms with Gasteiger partial charge in [-0.25, -0.2) is 9.37 Å². The fourth-order valence-corrected chi connectivity index (χ4v) is 4.78. The van der Waals surface area contributed by atoms with Crippen molar-refractivity contribution in [1.29, 1.82) is 5.26 Å². The lowest BCUT2D eigenvalue weighted by Crippen LogP contribution is -2.10. The lowest BCUT2D eigenvalue weighted by molar-refractivity contribution is 0.626. The van der Waals surface area contributed by atoms with Crippen molar-refractivity contribution in [2.24, 2.45) is 0 Å². The summed E-state index contributed by atoms with van der Waals surface area (Å²) in [6.45, 7) is 2.08. The average molecular weight is 389 g/mol. The van der Waals surface area contributed by atoms with Gasteiger partial charge in [-0.3, -0.25) is 0 Å². The van der Waals surface area contributed by atoms with Gasteiger partial charge in [-0.15, -0.1) is 11.8 Å². The number of hydrogen-bond donors (Lipinski definition) is 0.